The lowest BCUT2D eigenvalue weighted by Crippen LogP contribution is -2.36. The van der Waals surface area contributed by atoms with E-state index in [2.05, 4.69) is 4.90 Å². The average molecular weight is 376 g/mol. The molecule has 0 bridgehead atoms. The summed E-state index contributed by atoms with van der Waals surface area (Å²) in [6.45, 7) is 4.01. The number of ether oxygens (including phenoxy) is 1. The maximum Gasteiger partial charge on any atom is 0.186 e. The largest absolute Gasteiger partial charge is 0.379 e. The first-order chi connectivity index (χ1) is 12.1. The molecule has 0 radical (unpaired) electrons. The third-order valence-electron chi connectivity index (χ3n) is 4.16. The molecule has 1 fully saturated rings. The minimum Gasteiger partial charge on any atom is -0.379 e. The predicted octanol–water partition coefficient (Wildman–Crippen LogP) is 4.72. The summed E-state index contributed by atoms with van der Waals surface area (Å²) in [7, 11) is 0. The lowest BCUT2D eigenvalue weighted by Gasteiger charge is -2.27. The molecule has 0 aliphatic carbocycles. The second-order valence-electron chi connectivity index (χ2n) is 5.91. The highest BCUT2D eigenvalue weighted by Gasteiger charge is 2.14. The van der Waals surface area contributed by atoms with Crippen LogP contribution in [0.2, 0.25) is 10.0 Å². The van der Waals surface area contributed by atoms with Crippen LogP contribution in [-0.4, -0.2) is 37.0 Å². The number of benzene rings is 2. The Labute approximate surface area is 157 Å². The number of rotatable bonds is 5. The number of carbonyl (C=O) groups excluding carboxylic acids is 1. The summed E-state index contributed by atoms with van der Waals surface area (Å²) in [6.07, 6.45) is 3.29. The fourth-order valence-electron chi connectivity index (χ4n) is 2.79. The van der Waals surface area contributed by atoms with Gasteiger partial charge in [-0.2, -0.15) is 0 Å². The number of nitrogens with zero attached hydrogens (tertiary/aromatic N) is 1. The van der Waals surface area contributed by atoms with Crippen molar-refractivity contribution in [3.63, 3.8) is 0 Å². The van der Waals surface area contributed by atoms with E-state index in [1.54, 1.807) is 30.4 Å². The molecule has 0 saturated carbocycles. The van der Waals surface area contributed by atoms with Gasteiger partial charge in [0.2, 0.25) is 0 Å². The summed E-state index contributed by atoms with van der Waals surface area (Å²) in [5, 5.41) is 1.10. The van der Waals surface area contributed by atoms with Gasteiger partial charge >= 0.3 is 0 Å². The van der Waals surface area contributed by atoms with Crippen LogP contribution in [0.3, 0.4) is 0 Å². The van der Waals surface area contributed by atoms with E-state index < -0.39 is 0 Å². The Morgan fingerprint density at radius 2 is 1.88 bits per heavy atom. The topological polar surface area (TPSA) is 29.5 Å². The molecule has 25 heavy (non-hydrogen) atoms. The summed E-state index contributed by atoms with van der Waals surface area (Å²) in [5.41, 5.74) is 2.52. The van der Waals surface area contributed by atoms with Gasteiger partial charge in [0.25, 0.3) is 0 Å². The van der Waals surface area contributed by atoms with Gasteiger partial charge in [-0.1, -0.05) is 53.5 Å². The van der Waals surface area contributed by atoms with Crippen LogP contribution in [0.1, 0.15) is 21.5 Å². The van der Waals surface area contributed by atoms with Crippen LogP contribution in [0.4, 0.5) is 0 Å². The summed E-state index contributed by atoms with van der Waals surface area (Å²) >= 11 is 12.1. The molecule has 0 atom stereocenters. The van der Waals surface area contributed by atoms with Crippen LogP contribution in [0.25, 0.3) is 6.08 Å². The monoisotopic (exact) mass is 375 g/mol. The molecule has 5 heteroatoms. The molecule has 0 amide bonds. The summed E-state index contributed by atoms with van der Waals surface area (Å²) in [6, 6.07) is 12.9. The lowest BCUT2D eigenvalue weighted by atomic mass is 10.0. The fourth-order valence-corrected chi connectivity index (χ4v) is 3.26. The van der Waals surface area contributed by atoms with E-state index in [9.17, 15) is 4.79 Å². The maximum absolute atomic E-state index is 12.7. The van der Waals surface area contributed by atoms with Gasteiger partial charge in [0.15, 0.2) is 5.78 Å². The van der Waals surface area contributed by atoms with Crippen molar-refractivity contribution in [1.29, 1.82) is 0 Å². The smallest absolute Gasteiger partial charge is 0.186 e. The van der Waals surface area contributed by atoms with Crippen molar-refractivity contribution in [2.45, 2.75) is 6.54 Å². The molecule has 2 aromatic carbocycles. The van der Waals surface area contributed by atoms with Crippen molar-refractivity contribution >= 4 is 35.1 Å². The van der Waals surface area contributed by atoms with Crippen molar-refractivity contribution in [2.75, 3.05) is 26.3 Å². The van der Waals surface area contributed by atoms with E-state index in [-0.39, 0.29) is 5.78 Å². The molecule has 3 rings (SSSR count). The molecule has 2 aromatic rings. The van der Waals surface area contributed by atoms with E-state index >= 15 is 0 Å². The quantitative estimate of drug-likeness (QED) is 0.559. The minimum absolute atomic E-state index is 0.0325. The van der Waals surface area contributed by atoms with Crippen molar-refractivity contribution in [3.8, 4) is 0 Å². The average Bonchev–Trinajstić information content (AvgIpc) is 2.62. The Hall–Kier alpha value is -1.65. The van der Waals surface area contributed by atoms with Crippen LogP contribution < -0.4 is 0 Å². The zero-order valence-electron chi connectivity index (χ0n) is 13.8. The zero-order chi connectivity index (χ0) is 17.6. The van der Waals surface area contributed by atoms with Crippen LogP contribution in [0, 0.1) is 0 Å². The number of halogens is 2. The van der Waals surface area contributed by atoms with Crippen molar-refractivity contribution < 1.29 is 9.53 Å². The van der Waals surface area contributed by atoms with E-state index in [0.717, 1.165) is 49.5 Å². The Balaban J connectivity index is 1.76. The van der Waals surface area contributed by atoms with Gasteiger partial charge < -0.3 is 4.74 Å². The van der Waals surface area contributed by atoms with Gasteiger partial charge in [0.05, 0.1) is 13.2 Å². The van der Waals surface area contributed by atoms with E-state index in [1.165, 1.54) is 0 Å². The first-order valence-corrected chi connectivity index (χ1v) is 8.94. The Kier molecular flexibility index (Phi) is 6.27. The molecule has 0 unspecified atom stereocenters. The van der Waals surface area contributed by atoms with E-state index in [1.807, 2.05) is 24.3 Å². The highest BCUT2D eigenvalue weighted by molar-refractivity contribution is 6.35. The molecular weight excluding hydrogens is 357 g/mol. The molecule has 130 valence electrons. The van der Waals surface area contributed by atoms with Crippen LogP contribution in [-0.2, 0) is 11.3 Å². The van der Waals surface area contributed by atoms with Crippen molar-refractivity contribution in [1.82, 2.24) is 4.90 Å². The Morgan fingerprint density at radius 1 is 1.12 bits per heavy atom. The zero-order valence-corrected chi connectivity index (χ0v) is 15.3. The van der Waals surface area contributed by atoms with Gasteiger partial charge in [0.1, 0.15) is 0 Å². The number of hydrogen-bond donors (Lipinski definition) is 0. The van der Waals surface area contributed by atoms with Crippen molar-refractivity contribution in [2.24, 2.45) is 0 Å². The molecular formula is C20H19Cl2NO2. The molecule has 0 spiro atoms. The van der Waals surface area contributed by atoms with E-state index in [4.69, 9.17) is 27.9 Å². The molecule has 1 aliphatic heterocycles. The molecule has 1 saturated heterocycles. The standard InChI is InChI=1S/C20H19Cl2NO2/c21-17-7-5-15(19(22)13-17)6-8-20(24)18-4-2-1-3-16(18)14-23-9-11-25-12-10-23/h1-8,13H,9-12,14H2. The lowest BCUT2D eigenvalue weighted by molar-refractivity contribution is 0.0341. The summed E-state index contributed by atoms with van der Waals surface area (Å²) in [4.78, 5) is 15.0. The highest BCUT2D eigenvalue weighted by atomic mass is 35.5. The van der Waals surface area contributed by atoms with Gasteiger partial charge in [-0.25, -0.2) is 0 Å². The van der Waals surface area contributed by atoms with Crippen LogP contribution in [0.15, 0.2) is 48.5 Å². The number of allylic oxidation sites excluding steroid dienone is 1. The molecule has 1 heterocycles. The van der Waals surface area contributed by atoms with Crippen LogP contribution >= 0.6 is 23.2 Å². The van der Waals surface area contributed by atoms with E-state index in [0.29, 0.717) is 10.0 Å². The number of ketones is 1. The fraction of sp³-hybridized carbons (Fsp3) is 0.250. The Morgan fingerprint density at radius 3 is 2.64 bits per heavy atom. The highest BCUT2D eigenvalue weighted by Crippen LogP contribution is 2.22. The molecule has 0 N–H and O–H groups in total. The van der Waals surface area contributed by atoms with Gasteiger partial charge in [-0.15, -0.1) is 0 Å². The second kappa shape index (κ2) is 8.63. The first kappa shape index (κ1) is 18.2. The normalized spacial score (nSPS) is 15.6. The van der Waals surface area contributed by atoms with Gasteiger partial charge in [0, 0.05) is 35.2 Å². The SMILES string of the molecule is O=C(C=Cc1ccc(Cl)cc1Cl)c1ccccc1CN1CCOCC1. The number of carbonyl (C=O) groups is 1. The minimum atomic E-state index is -0.0325. The summed E-state index contributed by atoms with van der Waals surface area (Å²) < 4.78 is 5.38. The number of morpholine rings is 1. The third kappa shape index (κ3) is 4.93. The Bertz CT molecular complexity index is 783. The van der Waals surface area contributed by atoms with Gasteiger partial charge in [-0.3, -0.25) is 9.69 Å². The first-order valence-electron chi connectivity index (χ1n) is 8.19. The maximum atomic E-state index is 12.7. The second-order valence-corrected chi connectivity index (χ2v) is 6.75. The molecule has 0 aromatic heterocycles. The predicted molar refractivity (Wildman–Crippen MR) is 102 cm³/mol. The van der Waals surface area contributed by atoms with Gasteiger partial charge in [-0.05, 0) is 35.4 Å². The van der Waals surface area contributed by atoms with Crippen molar-refractivity contribution in [3.05, 3.63) is 75.3 Å². The number of hydrogen-bond acceptors (Lipinski definition) is 3. The molecule has 1 aliphatic rings. The molecule has 3 nitrogen and oxygen atoms in total. The third-order valence-corrected chi connectivity index (χ3v) is 4.72. The van der Waals surface area contributed by atoms with Crippen LogP contribution in [0.5, 0.6) is 0 Å². The summed E-state index contributed by atoms with van der Waals surface area (Å²) in [5.74, 6) is -0.0325.